The highest BCUT2D eigenvalue weighted by Crippen LogP contribution is 2.42. The largest absolute Gasteiger partial charge is 0.0776 e. The van der Waals surface area contributed by atoms with Crippen LogP contribution in [0.5, 0.6) is 0 Å². The molecule has 0 atom stereocenters. The summed E-state index contributed by atoms with van der Waals surface area (Å²) in [5.41, 5.74) is 6.41. The summed E-state index contributed by atoms with van der Waals surface area (Å²) < 4.78 is 0. The van der Waals surface area contributed by atoms with Crippen LogP contribution in [0.4, 0.5) is 0 Å². The maximum Gasteiger partial charge on any atom is -0.00266 e. The molecule has 0 saturated carbocycles. The summed E-state index contributed by atoms with van der Waals surface area (Å²) in [4.78, 5) is 0. The van der Waals surface area contributed by atoms with Crippen LogP contribution in [0.2, 0.25) is 0 Å². The van der Waals surface area contributed by atoms with Gasteiger partial charge in [-0.25, -0.2) is 0 Å². The average Bonchev–Trinajstić information content (AvgIpc) is 2.83. The second kappa shape index (κ2) is 7.98. The topological polar surface area (TPSA) is 0 Å². The van der Waals surface area contributed by atoms with E-state index in [4.69, 9.17) is 0 Å². The molecule has 0 aromatic heterocycles. The zero-order valence-electron chi connectivity index (χ0n) is 17.5. The number of aryl methyl sites for hydroxylation is 1. The van der Waals surface area contributed by atoms with Gasteiger partial charge in [0.05, 0.1) is 0 Å². The van der Waals surface area contributed by atoms with Crippen LogP contribution >= 0.6 is 0 Å². The summed E-state index contributed by atoms with van der Waals surface area (Å²) in [6.45, 7) is 2.14. The molecule has 0 aliphatic carbocycles. The first kappa shape index (κ1) is 20.0. The first-order valence-electron chi connectivity index (χ1n) is 10.8. The van der Waals surface area contributed by atoms with Crippen molar-refractivity contribution >= 4 is 32.3 Å². The quantitative estimate of drug-likeness (QED) is 0.249. The minimum Gasteiger partial charge on any atom is -0.0776 e. The fourth-order valence-corrected chi connectivity index (χ4v) is 4.80. The third-order valence-corrected chi connectivity index (χ3v) is 6.33. The zero-order valence-corrected chi connectivity index (χ0v) is 17.5. The Kier molecular flexibility index (Phi) is 4.99. The van der Waals surface area contributed by atoms with E-state index in [0.29, 0.717) is 0 Å². The lowest BCUT2D eigenvalue weighted by atomic mass is 9.86. The Balaban J connectivity index is 0.00000216. The van der Waals surface area contributed by atoms with Gasteiger partial charge in [-0.3, -0.25) is 0 Å². The smallest absolute Gasteiger partial charge is 0.00266 e. The Morgan fingerprint density at radius 2 is 1.03 bits per heavy atom. The van der Waals surface area contributed by atoms with Gasteiger partial charge in [-0.15, -0.1) is 0 Å². The van der Waals surface area contributed by atoms with Gasteiger partial charge in [-0.2, -0.15) is 0 Å². The second-order valence-corrected chi connectivity index (χ2v) is 8.27. The molecule has 0 aliphatic rings. The Morgan fingerprint density at radius 1 is 0.438 bits per heavy atom. The van der Waals surface area contributed by atoms with E-state index in [1.807, 2.05) is 0 Å². The first-order chi connectivity index (χ1) is 15.3. The van der Waals surface area contributed by atoms with Gasteiger partial charge in [-0.05, 0) is 67.6 Å². The van der Waals surface area contributed by atoms with Gasteiger partial charge < -0.3 is 0 Å². The van der Waals surface area contributed by atoms with Crippen LogP contribution in [0, 0.1) is 6.92 Å². The van der Waals surface area contributed by atoms with E-state index in [0.717, 1.165) is 0 Å². The van der Waals surface area contributed by atoms with Crippen molar-refractivity contribution in [3.8, 4) is 22.3 Å². The van der Waals surface area contributed by atoms with Crippen molar-refractivity contribution in [3.05, 3.63) is 121 Å². The molecule has 0 heteroatoms. The first-order valence-corrected chi connectivity index (χ1v) is 10.8. The third-order valence-electron chi connectivity index (χ3n) is 6.33. The van der Waals surface area contributed by atoms with Crippen LogP contribution in [0.1, 0.15) is 13.0 Å². The molecule has 0 radical (unpaired) electrons. The Labute approximate surface area is 189 Å². The maximum atomic E-state index is 2.36. The van der Waals surface area contributed by atoms with E-state index < -0.39 is 0 Å². The summed E-state index contributed by atoms with van der Waals surface area (Å²) in [6, 6.07) is 42.0. The molecule has 0 aliphatic heterocycles. The highest BCUT2D eigenvalue weighted by molar-refractivity contribution is 6.16. The van der Waals surface area contributed by atoms with Crippen molar-refractivity contribution in [3.63, 3.8) is 0 Å². The van der Waals surface area contributed by atoms with Gasteiger partial charge >= 0.3 is 0 Å². The molecule has 6 rings (SSSR count). The molecule has 0 amide bonds. The Hall–Kier alpha value is -3.90. The Morgan fingerprint density at radius 3 is 1.78 bits per heavy atom. The molecule has 0 spiro atoms. The number of rotatable bonds is 2. The molecule has 0 heterocycles. The van der Waals surface area contributed by atoms with Crippen LogP contribution < -0.4 is 0 Å². The molecule has 0 saturated heterocycles. The number of fused-ring (bicyclic) bond motifs is 4. The summed E-state index contributed by atoms with van der Waals surface area (Å²) >= 11 is 0. The lowest BCUT2D eigenvalue weighted by Gasteiger charge is -2.17. The molecule has 0 unspecified atom stereocenters. The summed E-state index contributed by atoms with van der Waals surface area (Å²) in [5.74, 6) is 0. The molecular weight excluding hydrogens is 384 g/mol. The van der Waals surface area contributed by atoms with Gasteiger partial charge in [0.25, 0.3) is 0 Å². The maximum absolute atomic E-state index is 2.36. The van der Waals surface area contributed by atoms with E-state index in [9.17, 15) is 0 Å². The fourth-order valence-electron chi connectivity index (χ4n) is 4.80. The predicted molar refractivity (Wildman–Crippen MR) is 141 cm³/mol. The second-order valence-electron chi connectivity index (χ2n) is 8.27. The molecule has 0 bridgehead atoms. The van der Waals surface area contributed by atoms with E-state index in [1.165, 1.54) is 60.1 Å². The van der Waals surface area contributed by atoms with Gasteiger partial charge in [0.2, 0.25) is 0 Å². The highest BCUT2D eigenvalue weighted by Gasteiger charge is 2.15. The standard InChI is InChI=1S/C31H22.CH4/c1-21-14-16-23(17-15-21)31-26-11-5-2-8-22(26)18-19-29(31)30-20-24-9-3-4-10-25(24)27-12-6-7-13-28(27)30;/h2-20H,1H3;1H4. The van der Waals surface area contributed by atoms with Gasteiger partial charge in [0, 0.05) is 0 Å². The van der Waals surface area contributed by atoms with E-state index in [-0.39, 0.29) is 7.43 Å². The number of hydrogen-bond acceptors (Lipinski definition) is 0. The molecule has 0 nitrogen and oxygen atoms in total. The van der Waals surface area contributed by atoms with Crippen LogP contribution in [-0.4, -0.2) is 0 Å². The number of hydrogen-bond donors (Lipinski definition) is 0. The lowest BCUT2D eigenvalue weighted by Crippen LogP contribution is -1.90. The lowest BCUT2D eigenvalue weighted by molar-refractivity contribution is 1.47. The fraction of sp³-hybridized carbons (Fsp3) is 0.0625. The molecule has 0 N–H and O–H groups in total. The van der Waals surface area contributed by atoms with Crippen molar-refractivity contribution < 1.29 is 0 Å². The van der Waals surface area contributed by atoms with Gasteiger partial charge in [0.15, 0.2) is 0 Å². The average molecular weight is 411 g/mol. The Bertz CT molecular complexity index is 1570. The highest BCUT2D eigenvalue weighted by atomic mass is 14.2. The molecular formula is C32H26. The minimum atomic E-state index is 0. The third kappa shape index (κ3) is 3.16. The molecule has 154 valence electrons. The molecule has 6 aromatic rings. The molecule has 0 fully saturated rings. The van der Waals surface area contributed by atoms with Crippen molar-refractivity contribution in [2.24, 2.45) is 0 Å². The predicted octanol–water partition coefficient (Wildman–Crippen LogP) is 9.42. The van der Waals surface area contributed by atoms with Crippen LogP contribution in [-0.2, 0) is 0 Å². The molecule has 32 heavy (non-hydrogen) atoms. The van der Waals surface area contributed by atoms with E-state index in [1.54, 1.807) is 0 Å². The normalized spacial score (nSPS) is 11.0. The van der Waals surface area contributed by atoms with Gasteiger partial charge in [-0.1, -0.05) is 122 Å². The minimum absolute atomic E-state index is 0. The van der Waals surface area contributed by atoms with Crippen molar-refractivity contribution in [2.45, 2.75) is 14.4 Å². The van der Waals surface area contributed by atoms with Crippen molar-refractivity contribution in [1.29, 1.82) is 0 Å². The monoisotopic (exact) mass is 410 g/mol. The summed E-state index contributed by atoms with van der Waals surface area (Å²) in [7, 11) is 0. The SMILES string of the molecule is C.Cc1ccc(-c2c(-c3cc4ccccc4c4ccccc34)ccc3ccccc23)cc1. The van der Waals surface area contributed by atoms with Crippen molar-refractivity contribution in [1.82, 2.24) is 0 Å². The zero-order chi connectivity index (χ0) is 20.8. The van der Waals surface area contributed by atoms with Crippen LogP contribution in [0.25, 0.3) is 54.6 Å². The van der Waals surface area contributed by atoms with Crippen molar-refractivity contribution in [2.75, 3.05) is 0 Å². The molecule has 6 aromatic carbocycles. The van der Waals surface area contributed by atoms with Crippen LogP contribution in [0.3, 0.4) is 0 Å². The van der Waals surface area contributed by atoms with Gasteiger partial charge in [0.1, 0.15) is 0 Å². The summed E-state index contributed by atoms with van der Waals surface area (Å²) in [6.07, 6.45) is 0. The number of benzene rings is 6. The van der Waals surface area contributed by atoms with Crippen LogP contribution in [0.15, 0.2) is 115 Å². The van der Waals surface area contributed by atoms with E-state index in [2.05, 4.69) is 122 Å². The van der Waals surface area contributed by atoms with E-state index >= 15 is 0 Å². The summed E-state index contributed by atoms with van der Waals surface area (Å²) in [5, 5.41) is 7.75.